The van der Waals surface area contributed by atoms with E-state index in [1.165, 1.54) is 0 Å². The van der Waals surface area contributed by atoms with Gasteiger partial charge in [-0.2, -0.15) is 4.98 Å². The third-order valence-electron chi connectivity index (χ3n) is 3.22. The molecule has 1 saturated heterocycles. The molecule has 0 bridgehead atoms. The number of halogens is 1. The van der Waals surface area contributed by atoms with Crippen LogP contribution < -0.4 is 16.0 Å². The van der Waals surface area contributed by atoms with E-state index >= 15 is 0 Å². The Morgan fingerprint density at radius 1 is 1.47 bits per heavy atom. The maximum absolute atomic E-state index is 10.7. The zero-order valence-electron chi connectivity index (χ0n) is 10.4. The van der Waals surface area contributed by atoms with E-state index in [1.54, 1.807) is 0 Å². The predicted molar refractivity (Wildman–Crippen MR) is 73.0 cm³/mol. The molecule has 1 aliphatic heterocycles. The number of nitrogens with two attached hydrogens (primary N) is 1. The molecule has 0 radical (unpaired) electrons. The van der Waals surface area contributed by atoms with Crippen molar-refractivity contribution in [2.24, 2.45) is 0 Å². The van der Waals surface area contributed by atoms with Crippen LogP contribution in [0.15, 0.2) is 4.60 Å². The topological polar surface area (TPSA) is 117 Å². The number of rotatable bonds is 2. The SMILES string of the molecule is CC1(NC(=O)O)CCN(c2nnc(Br)c(N)n2)CC1. The second-order valence-electron chi connectivity index (χ2n) is 4.77. The third kappa shape index (κ3) is 3.22. The Morgan fingerprint density at radius 3 is 2.63 bits per heavy atom. The molecule has 0 aliphatic carbocycles. The number of hydrogen-bond acceptors (Lipinski definition) is 6. The molecule has 0 atom stereocenters. The average molecular weight is 331 g/mol. The van der Waals surface area contributed by atoms with Gasteiger partial charge in [-0.3, -0.25) is 0 Å². The van der Waals surface area contributed by atoms with Crippen LogP contribution in [-0.4, -0.2) is 45.0 Å². The van der Waals surface area contributed by atoms with Gasteiger partial charge in [-0.25, -0.2) is 4.79 Å². The Balaban J connectivity index is 2.03. The van der Waals surface area contributed by atoms with Gasteiger partial charge in [0, 0.05) is 18.6 Å². The Morgan fingerprint density at radius 2 is 2.11 bits per heavy atom. The highest BCUT2D eigenvalue weighted by Gasteiger charge is 2.32. The van der Waals surface area contributed by atoms with Gasteiger partial charge in [0.2, 0.25) is 5.95 Å². The number of nitrogens with one attached hydrogen (secondary N) is 1. The molecule has 0 aromatic carbocycles. The summed E-state index contributed by atoms with van der Waals surface area (Å²) in [6.45, 7) is 3.20. The zero-order valence-corrected chi connectivity index (χ0v) is 12.0. The van der Waals surface area contributed by atoms with Crippen LogP contribution in [0.4, 0.5) is 16.6 Å². The lowest BCUT2D eigenvalue weighted by atomic mass is 9.90. The van der Waals surface area contributed by atoms with Crippen molar-refractivity contribution in [3.63, 3.8) is 0 Å². The lowest BCUT2D eigenvalue weighted by molar-refractivity contribution is 0.173. The molecular weight excluding hydrogens is 316 g/mol. The summed E-state index contributed by atoms with van der Waals surface area (Å²) in [5, 5.41) is 19.2. The zero-order chi connectivity index (χ0) is 14.0. The summed E-state index contributed by atoms with van der Waals surface area (Å²) in [6.07, 6.45) is 0.360. The minimum absolute atomic E-state index is 0.294. The lowest BCUT2D eigenvalue weighted by Crippen LogP contribution is -2.53. The van der Waals surface area contributed by atoms with Gasteiger partial charge in [-0.15, -0.1) is 10.2 Å². The highest BCUT2D eigenvalue weighted by Crippen LogP contribution is 2.25. The maximum Gasteiger partial charge on any atom is 0.405 e. The minimum atomic E-state index is -0.998. The number of anilines is 2. The lowest BCUT2D eigenvalue weighted by Gasteiger charge is -2.39. The van der Waals surface area contributed by atoms with E-state index in [9.17, 15) is 4.79 Å². The molecule has 4 N–H and O–H groups in total. The Labute approximate surface area is 118 Å². The molecule has 1 aliphatic rings. The number of carbonyl (C=O) groups is 1. The number of amides is 1. The highest BCUT2D eigenvalue weighted by atomic mass is 79.9. The second kappa shape index (κ2) is 5.16. The molecule has 0 saturated carbocycles. The van der Waals surface area contributed by atoms with E-state index < -0.39 is 11.6 Å². The molecule has 2 rings (SSSR count). The van der Waals surface area contributed by atoms with E-state index in [4.69, 9.17) is 10.8 Å². The van der Waals surface area contributed by atoms with Crippen LogP contribution in [0.25, 0.3) is 0 Å². The quantitative estimate of drug-likeness (QED) is 0.735. The van der Waals surface area contributed by atoms with Crippen molar-refractivity contribution in [3.8, 4) is 0 Å². The van der Waals surface area contributed by atoms with Crippen LogP contribution in [0.1, 0.15) is 19.8 Å². The van der Waals surface area contributed by atoms with Gasteiger partial charge in [0.1, 0.15) is 0 Å². The molecule has 8 nitrogen and oxygen atoms in total. The summed E-state index contributed by atoms with van der Waals surface area (Å²) < 4.78 is 0.422. The summed E-state index contributed by atoms with van der Waals surface area (Å²) in [6, 6.07) is 0. The fraction of sp³-hybridized carbons (Fsp3) is 0.600. The molecule has 104 valence electrons. The number of nitrogen functional groups attached to an aromatic ring is 1. The van der Waals surface area contributed by atoms with Crippen LogP contribution in [0.5, 0.6) is 0 Å². The number of aromatic nitrogens is 3. The minimum Gasteiger partial charge on any atom is -0.465 e. The molecule has 0 unspecified atom stereocenters. The van der Waals surface area contributed by atoms with E-state index in [2.05, 4.69) is 36.4 Å². The van der Waals surface area contributed by atoms with E-state index in [-0.39, 0.29) is 0 Å². The number of nitrogens with zero attached hydrogens (tertiary/aromatic N) is 4. The fourth-order valence-electron chi connectivity index (χ4n) is 2.03. The van der Waals surface area contributed by atoms with Crippen molar-refractivity contribution in [1.29, 1.82) is 0 Å². The summed E-state index contributed by atoms with van der Waals surface area (Å²) in [7, 11) is 0. The smallest absolute Gasteiger partial charge is 0.405 e. The summed E-state index contributed by atoms with van der Waals surface area (Å²) >= 11 is 3.14. The first-order valence-electron chi connectivity index (χ1n) is 5.81. The number of hydrogen-bond donors (Lipinski definition) is 3. The Hall–Kier alpha value is -1.64. The summed E-state index contributed by atoms with van der Waals surface area (Å²) in [5.41, 5.74) is 5.26. The average Bonchev–Trinajstić information content (AvgIpc) is 2.32. The molecule has 0 spiro atoms. The van der Waals surface area contributed by atoms with E-state index in [0.29, 0.717) is 42.3 Å². The Bertz CT molecular complexity index is 489. The normalized spacial score (nSPS) is 18.1. The van der Waals surface area contributed by atoms with Gasteiger partial charge in [-0.1, -0.05) is 0 Å². The van der Waals surface area contributed by atoms with Crippen LogP contribution in [0, 0.1) is 0 Å². The highest BCUT2D eigenvalue weighted by molar-refractivity contribution is 9.10. The summed E-state index contributed by atoms with van der Waals surface area (Å²) in [4.78, 5) is 16.8. The first kappa shape index (κ1) is 13.8. The third-order valence-corrected chi connectivity index (χ3v) is 3.78. The second-order valence-corrected chi connectivity index (χ2v) is 5.52. The van der Waals surface area contributed by atoms with Crippen molar-refractivity contribution in [1.82, 2.24) is 20.5 Å². The van der Waals surface area contributed by atoms with Crippen molar-refractivity contribution in [3.05, 3.63) is 4.60 Å². The van der Waals surface area contributed by atoms with Crippen molar-refractivity contribution >= 4 is 33.8 Å². The van der Waals surface area contributed by atoms with Crippen LogP contribution in [0.2, 0.25) is 0 Å². The van der Waals surface area contributed by atoms with Gasteiger partial charge in [0.15, 0.2) is 10.4 Å². The van der Waals surface area contributed by atoms with Crippen LogP contribution in [0.3, 0.4) is 0 Å². The molecule has 9 heteroatoms. The summed E-state index contributed by atoms with van der Waals surface area (Å²) in [5.74, 6) is 0.764. The van der Waals surface area contributed by atoms with Gasteiger partial charge in [0.25, 0.3) is 0 Å². The standard InChI is InChI=1S/C10H15BrN6O2/c1-10(14-9(18)19)2-4-17(5-3-10)8-13-7(12)6(11)15-16-8/h14H,2-5H2,1H3,(H,18,19)(H2,12,13,16). The van der Waals surface area contributed by atoms with Crippen LogP contribution >= 0.6 is 15.9 Å². The molecule has 1 amide bonds. The first-order valence-corrected chi connectivity index (χ1v) is 6.61. The van der Waals surface area contributed by atoms with Crippen molar-refractivity contribution in [2.45, 2.75) is 25.3 Å². The van der Waals surface area contributed by atoms with Gasteiger partial charge in [0.05, 0.1) is 0 Å². The molecule has 2 heterocycles. The molecular formula is C10H15BrN6O2. The van der Waals surface area contributed by atoms with Gasteiger partial charge in [-0.05, 0) is 35.7 Å². The molecule has 1 fully saturated rings. The van der Waals surface area contributed by atoms with Gasteiger partial charge < -0.3 is 21.1 Å². The number of carboxylic acid groups (broad SMARTS) is 1. The van der Waals surface area contributed by atoms with Crippen LogP contribution in [-0.2, 0) is 0 Å². The van der Waals surface area contributed by atoms with Gasteiger partial charge >= 0.3 is 6.09 Å². The first-order chi connectivity index (χ1) is 8.89. The predicted octanol–water partition coefficient (Wildman–Crippen LogP) is 0.843. The molecule has 1 aromatic rings. The van der Waals surface area contributed by atoms with E-state index in [1.807, 2.05) is 11.8 Å². The maximum atomic E-state index is 10.7. The molecule has 19 heavy (non-hydrogen) atoms. The van der Waals surface area contributed by atoms with E-state index in [0.717, 1.165) is 0 Å². The molecule has 1 aromatic heterocycles. The monoisotopic (exact) mass is 330 g/mol. The largest absolute Gasteiger partial charge is 0.465 e. The van der Waals surface area contributed by atoms with Crippen molar-refractivity contribution in [2.75, 3.05) is 23.7 Å². The Kier molecular flexibility index (Phi) is 3.74. The fourth-order valence-corrected chi connectivity index (χ4v) is 2.20. The van der Waals surface area contributed by atoms with Crippen molar-refractivity contribution < 1.29 is 9.90 Å². The number of piperidine rings is 1.